The van der Waals surface area contributed by atoms with Crippen LogP contribution in [0.15, 0.2) is 16.7 Å². The summed E-state index contributed by atoms with van der Waals surface area (Å²) in [7, 11) is 1.55. The number of alkyl halides is 3. The summed E-state index contributed by atoms with van der Waals surface area (Å²) >= 11 is 0. The van der Waals surface area contributed by atoms with E-state index in [1.165, 1.54) is 0 Å². The number of ether oxygens (including phenoxy) is 1. The van der Waals surface area contributed by atoms with Gasteiger partial charge in [-0.15, -0.1) is 5.10 Å². The van der Waals surface area contributed by atoms with Crippen LogP contribution in [-0.4, -0.2) is 28.9 Å². The van der Waals surface area contributed by atoms with E-state index in [1.807, 2.05) is 0 Å². The second-order valence-corrected chi connectivity index (χ2v) is 5.16. The Hall–Kier alpha value is -2.16. The van der Waals surface area contributed by atoms with Crippen molar-refractivity contribution in [3.8, 4) is 11.6 Å². The molecule has 0 aromatic carbocycles. The predicted molar refractivity (Wildman–Crippen MR) is 69.7 cm³/mol. The van der Waals surface area contributed by atoms with Crippen molar-refractivity contribution in [2.75, 3.05) is 19.5 Å². The lowest BCUT2D eigenvalue weighted by Gasteiger charge is -2.11. The van der Waals surface area contributed by atoms with E-state index in [0.29, 0.717) is 12.2 Å². The van der Waals surface area contributed by atoms with Crippen LogP contribution in [0.4, 0.5) is 19.2 Å². The molecule has 0 spiro atoms. The van der Waals surface area contributed by atoms with Crippen LogP contribution in [0.2, 0.25) is 0 Å². The summed E-state index contributed by atoms with van der Waals surface area (Å²) in [6.07, 6.45) is -2.97. The van der Waals surface area contributed by atoms with E-state index >= 15 is 0 Å². The molecule has 2 atom stereocenters. The van der Waals surface area contributed by atoms with Gasteiger partial charge in [-0.1, -0.05) is 5.10 Å². The van der Waals surface area contributed by atoms with Crippen molar-refractivity contribution >= 4 is 6.01 Å². The Morgan fingerprint density at radius 3 is 2.77 bits per heavy atom. The summed E-state index contributed by atoms with van der Waals surface area (Å²) in [6.45, 7) is 0.478. The fourth-order valence-electron chi connectivity index (χ4n) is 2.46. The average molecular weight is 314 g/mol. The van der Waals surface area contributed by atoms with E-state index in [9.17, 15) is 13.2 Å². The van der Waals surface area contributed by atoms with Gasteiger partial charge in [0.15, 0.2) is 0 Å². The molecule has 0 amide bonds. The quantitative estimate of drug-likeness (QED) is 0.933. The van der Waals surface area contributed by atoms with Crippen LogP contribution < -0.4 is 5.73 Å². The molecule has 6 nitrogen and oxygen atoms in total. The number of nitrogens with zero attached hydrogens (tertiary/aromatic N) is 3. The molecular weight excluding hydrogens is 301 g/mol. The van der Waals surface area contributed by atoms with Gasteiger partial charge in [0.2, 0.25) is 0 Å². The minimum Gasteiger partial charge on any atom is -0.402 e. The maximum absolute atomic E-state index is 12.9. The highest BCUT2D eigenvalue weighted by atomic mass is 19.4. The monoisotopic (exact) mass is 314 g/mol. The number of nitrogens with two attached hydrogens (primary N) is 1. The molecule has 2 N–H and O–H groups in total. The van der Waals surface area contributed by atoms with E-state index in [4.69, 9.17) is 14.9 Å². The molecule has 0 bridgehead atoms. The third kappa shape index (κ3) is 2.76. The third-order valence-electron chi connectivity index (χ3n) is 3.59. The van der Waals surface area contributed by atoms with E-state index in [1.54, 1.807) is 7.11 Å². The molecule has 9 heteroatoms. The molecule has 0 radical (unpaired) electrons. The average Bonchev–Trinajstić information content (AvgIpc) is 3.08. The fourth-order valence-corrected chi connectivity index (χ4v) is 2.46. The molecule has 1 aliphatic rings. The number of halogens is 3. The van der Waals surface area contributed by atoms with E-state index in [-0.39, 0.29) is 29.4 Å². The summed E-state index contributed by atoms with van der Waals surface area (Å²) < 4.78 is 48.8. The normalized spacial score (nSPS) is 21.1. The zero-order valence-electron chi connectivity index (χ0n) is 11.6. The van der Waals surface area contributed by atoms with E-state index < -0.39 is 11.7 Å². The molecule has 2 aromatic rings. The fraction of sp³-hybridized carbons (Fsp3) is 0.462. The zero-order valence-corrected chi connectivity index (χ0v) is 11.6. The van der Waals surface area contributed by atoms with Crippen molar-refractivity contribution in [2.24, 2.45) is 5.92 Å². The molecule has 0 unspecified atom stereocenters. The Morgan fingerprint density at radius 2 is 2.18 bits per heavy atom. The van der Waals surface area contributed by atoms with Gasteiger partial charge in [0.1, 0.15) is 5.69 Å². The lowest BCUT2D eigenvalue weighted by atomic mass is 10.0. The molecule has 1 fully saturated rings. The van der Waals surface area contributed by atoms with Crippen molar-refractivity contribution in [1.29, 1.82) is 0 Å². The first-order valence-corrected chi connectivity index (χ1v) is 6.55. The molecule has 1 aliphatic carbocycles. The SMILES string of the molecule is COC[C@H]1C[C@@H]1c1cc(C(F)(F)F)cnc1-c1nnc(N)o1. The smallest absolute Gasteiger partial charge is 0.402 e. The summed E-state index contributed by atoms with van der Waals surface area (Å²) in [5, 5.41) is 7.22. The van der Waals surface area contributed by atoms with Gasteiger partial charge >= 0.3 is 12.2 Å². The van der Waals surface area contributed by atoms with Crippen LogP contribution in [0.1, 0.15) is 23.5 Å². The molecule has 0 saturated heterocycles. The molecule has 2 aromatic heterocycles. The Labute approximate surface area is 123 Å². The number of methoxy groups -OCH3 is 1. The van der Waals surface area contributed by atoms with Crippen LogP contribution in [0, 0.1) is 5.92 Å². The van der Waals surface area contributed by atoms with Crippen molar-refractivity contribution in [1.82, 2.24) is 15.2 Å². The molecular formula is C13H13F3N4O2. The van der Waals surface area contributed by atoms with Crippen molar-refractivity contribution in [3.63, 3.8) is 0 Å². The van der Waals surface area contributed by atoms with Crippen LogP contribution in [0.25, 0.3) is 11.6 Å². The van der Waals surface area contributed by atoms with Gasteiger partial charge in [-0.25, -0.2) is 0 Å². The Kier molecular flexibility index (Phi) is 3.51. The maximum Gasteiger partial charge on any atom is 0.417 e. The van der Waals surface area contributed by atoms with Crippen LogP contribution in [-0.2, 0) is 10.9 Å². The first kappa shape index (κ1) is 14.8. The van der Waals surface area contributed by atoms with Gasteiger partial charge in [0.25, 0.3) is 5.89 Å². The molecule has 3 rings (SSSR count). The van der Waals surface area contributed by atoms with E-state index in [0.717, 1.165) is 18.7 Å². The first-order valence-electron chi connectivity index (χ1n) is 6.55. The van der Waals surface area contributed by atoms with Gasteiger partial charge in [-0.05, 0) is 29.9 Å². The molecule has 22 heavy (non-hydrogen) atoms. The number of pyridine rings is 1. The Bertz CT molecular complexity index is 686. The zero-order chi connectivity index (χ0) is 15.9. The summed E-state index contributed by atoms with van der Waals surface area (Å²) in [4.78, 5) is 3.87. The van der Waals surface area contributed by atoms with Crippen molar-refractivity contribution < 1.29 is 22.3 Å². The highest BCUT2D eigenvalue weighted by Gasteiger charge is 2.42. The second-order valence-electron chi connectivity index (χ2n) is 5.16. The number of nitrogen functional groups attached to an aromatic ring is 1. The van der Waals surface area contributed by atoms with Crippen molar-refractivity contribution in [3.05, 3.63) is 23.4 Å². The summed E-state index contributed by atoms with van der Waals surface area (Å²) in [5.41, 5.74) is 5.23. The molecule has 2 heterocycles. The van der Waals surface area contributed by atoms with Gasteiger partial charge in [-0.3, -0.25) is 4.98 Å². The summed E-state index contributed by atoms with van der Waals surface area (Å²) in [6, 6.07) is 0.926. The Balaban J connectivity index is 2.02. The minimum atomic E-state index is -4.46. The second kappa shape index (κ2) is 5.24. The lowest BCUT2D eigenvalue weighted by molar-refractivity contribution is -0.137. The molecule has 118 valence electrons. The third-order valence-corrected chi connectivity index (χ3v) is 3.59. The van der Waals surface area contributed by atoms with Crippen LogP contribution in [0.3, 0.4) is 0 Å². The van der Waals surface area contributed by atoms with E-state index in [2.05, 4.69) is 15.2 Å². The lowest BCUT2D eigenvalue weighted by Crippen LogP contribution is -2.08. The number of hydrogen-bond acceptors (Lipinski definition) is 6. The largest absolute Gasteiger partial charge is 0.417 e. The van der Waals surface area contributed by atoms with Gasteiger partial charge < -0.3 is 14.9 Å². The summed E-state index contributed by atoms with van der Waals surface area (Å²) in [5.74, 6) is 0.108. The highest BCUT2D eigenvalue weighted by Crippen LogP contribution is 2.50. The number of hydrogen-bond donors (Lipinski definition) is 1. The van der Waals surface area contributed by atoms with Crippen LogP contribution >= 0.6 is 0 Å². The number of aromatic nitrogens is 3. The highest BCUT2D eigenvalue weighted by molar-refractivity contribution is 5.57. The minimum absolute atomic E-state index is 0.0179. The standard InChI is InChI=1S/C13H13F3N4O2/c1-21-5-6-2-8(6)9-3-7(13(14,15)16)4-18-10(9)11-19-20-12(17)22-11/h3-4,6,8H,2,5H2,1H3,(H2,17,20)/t6-,8+/m1/s1. The Morgan fingerprint density at radius 1 is 1.41 bits per heavy atom. The van der Waals surface area contributed by atoms with Crippen LogP contribution in [0.5, 0.6) is 0 Å². The molecule has 0 aliphatic heterocycles. The van der Waals surface area contributed by atoms with Crippen molar-refractivity contribution in [2.45, 2.75) is 18.5 Å². The number of rotatable bonds is 4. The van der Waals surface area contributed by atoms with Gasteiger partial charge in [-0.2, -0.15) is 13.2 Å². The molecule has 1 saturated carbocycles. The predicted octanol–water partition coefficient (Wildman–Crippen LogP) is 2.48. The van der Waals surface area contributed by atoms with Gasteiger partial charge in [0, 0.05) is 19.9 Å². The first-order chi connectivity index (χ1) is 10.4. The maximum atomic E-state index is 12.9. The van der Waals surface area contributed by atoms with Gasteiger partial charge in [0.05, 0.1) is 5.56 Å². The topological polar surface area (TPSA) is 87.1 Å². The number of anilines is 1.